The van der Waals surface area contributed by atoms with Gasteiger partial charge in [-0.2, -0.15) is 0 Å². The van der Waals surface area contributed by atoms with Gasteiger partial charge in [-0.1, -0.05) is 50.8 Å². The Kier molecular flexibility index (Phi) is 5.01. The SMILES string of the molecule is C=CC(=O)OCC(C)(C)C(O)C(=O)c1ccccc1. The van der Waals surface area contributed by atoms with Gasteiger partial charge in [-0.3, -0.25) is 4.79 Å². The molecule has 0 heterocycles. The number of rotatable bonds is 6. The molecule has 4 nitrogen and oxygen atoms in total. The Morgan fingerprint density at radius 1 is 1.37 bits per heavy atom. The molecular formula is C15H18O4. The highest BCUT2D eigenvalue weighted by molar-refractivity contribution is 5.99. The molecule has 0 spiro atoms. The largest absolute Gasteiger partial charge is 0.462 e. The van der Waals surface area contributed by atoms with Gasteiger partial charge in [-0.15, -0.1) is 0 Å². The highest BCUT2D eigenvalue weighted by atomic mass is 16.5. The first-order valence-corrected chi connectivity index (χ1v) is 5.95. The zero-order valence-electron chi connectivity index (χ0n) is 11.1. The Morgan fingerprint density at radius 2 is 1.95 bits per heavy atom. The van der Waals surface area contributed by atoms with Crippen molar-refractivity contribution in [1.29, 1.82) is 0 Å². The number of carbonyl (C=O) groups is 2. The zero-order chi connectivity index (χ0) is 14.5. The number of benzene rings is 1. The van der Waals surface area contributed by atoms with Gasteiger partial charge in [0.15, 0.2) is 5.78 Å². The minimum Gasteiger partial charge on any atom is -0.462 e. The molecule has 19 heavy (non-hydrogen) atoms. The van der Waals surface area contributed by atoms with Gasteiger partial charge in [0.25, 0.3) is 0 Å². The summed E-state index contributed by atoms with van der Waals surface area (Å²) in [6, 6.07) is 8.52. The van der Waals surface area contributed by atoms with Crippen molar-refractivity contribution in [2.24, 2.45) is 5.41 Å². The van der Waals surface area contributed by atoms with Crippen molar-refractivity contribution in [2.75, 3.05) is 6.61 Å². The zero-order valence-corrected chi connectivity index (χ0v) is 11.1. The summed E-state index contributed by atoms with van der Waals surface area (Å²) in [6.07, 6.45) is -0.200. The van der Waals surface area contributed by atoms with Crippen LogP contribution < -0.4 is 0 Å². The molecule has 1 N–H and O–H groups in total. The van der Waals surface area contributed by atoms with E-state index in [-0.39, 0.29) is 12.4 Å². The van der Waals surface area contributed by atoms with Gasteiger partial charge < -0.3 is 9.84 Å². The van der Waals surface area contributed by atoms with E-state index in [0.29, 0.717) is 5.56 Å². The first-order chi connectivity index (χ1) is 8.88. The van der Waals surface area contributed by atoms with E-state index < -0.39 is 17.5 Å². The van der Waals surface area contributed by atoms with Crippen molar-refractivity contribution in [3.8, 4) is 0 Å². The van der Waals surface area contributed by atoms with Crippen LogP contribution in [0.5, 0.6) is 0 Å². The summed E-state index contributed by atoms with van der Waals surface area (Å²) in [6.45, 7) is 6.55. The van der Waals surface area contributed by atoms with E-state index in [4.69, 9.17) is 4.74 Å². The average molecular weight is 262 g/mol. The van der Waals surface area contributed by atoms with Crippen LogP contribution in [0.25, 0.3) is 0 Å². The minimum atomic E-state index is -1.24. The van der Waals surface area contributed by atoms with E-state index >= 15 is 0 Å². The number of hydrogen-bond acceptors (Lipinski definition) is 4. The summed E-state index contributed by atoms with van der Waals surface area (Å²) in [5.41, 5.74) is -0.441. The normalized spacial score (nSPS) is 12.6. The number of aliphatic hydroxyl groups excluding tert-OH is 1. The van der Waals surface area contributed by atoms with Crippen molar-refractivity contribution >= 4 is 11.8 Å². The van der Waals surface area contributed by atoms with Crippen LogP contribution in [0, 0.1) is 5.41 Å². The molecule has 0 fully saturated rings. The molecule has 0 saturated carbocycles. The first-order valence-electron chi connectivity index (χ1n) is 5.95. The Hall–Kier alpha value is -1.94. The molecule has 0 aliphatic rings. The Balaban J connectivity index is 2.75. The summed E-state index contributed by atoms with van der Waals surface area (Å²) in [4.78, 5) is 23.1. The molecule has 1 atom stereocenters. The van der Waals surface area contributed by atoms with Crippen molar-refractivity contribution in [1.82, 2.24) is 0 Å². The van der Waals surface area contributed by atoms with Crippen LogP contribution in [0.1, 0.15) is 24.2 Å². The molecule has 1 aromatic carbocycles. The number of ketones is 1. The van der Waals surface area contributed by atoms with Gasteiger partial charge in [0.1, 0.15) is 6.10 Å². The molecule has 0 bridgehead atoms. The van der Waals surface area contributed by atoms with Crippen LogP contribution in [-0.4, -0.2) is 29.6 Å². The van der Waals surface area contributed by atoms with E-state index in [1.165, 1.54) is 0 Å². The van der Waals surface area contributed by atoms with Crippen LogP contribution in [0.4, 0.5) is 0 Å². The van der Waals surface area contributed by atoms with Gasteiger partial charge in [0.2, 0.25) is 0 Å². The summed E-state index contributed by atoms with van der Waals surface area (Å²) in [5.74, 6) is -0.965. The number of carbonyl (C=O) groups excluding carboxylic acids is 2. The third-order valence-electron chi connectivity index (χ3n) is 2.80. The fraction of sp³-hybridized carbons (Fsp3) is 0.333. The molecule has 0 saturated heterocycles. The van der Waals surface area contributed by atoms with E-state index in [1.807, 2.05) is 0 Å². The lowest BCUT2D eigenvalue weighted by atomic mass is 9.83. The van der Waals surface area contributed by atoms with Crippen molar-refractivity contribution < 1.29 is 19.4 Å². The molecule has 1 rings (SSSR count). The number of esters is 1. The van der Waals surface area contributed by atoms with Crippen LogP contribution >= 0.6 is 0 Å². The second kappa shape index (κ2) is 6.29. The quantitative estimate of drug-likeness (QED) is 0.484. The average Bonchev–Trinajstić information content (AvgIpc) is 2.44. The second-order valence-electron chi connectivity index (χ2n) is 4.93. The highest BCUT2D eigenvalue weighted by Crippen LogP contribution is 2.24. The van der Waals surface area contributed by atoms with Gasteiger partial charge in [-0.05, 0) is 0 Å². The first kappa shape index (κ1) is 15.1. The lowest BCUT2D eigenvalue weighted by Gasteiger charge is -2.28. The van der Waals surface area contributed by atoms with E-state index in [1.54, 1.807) is 44.2 Å². The third kappa shape index (κ3) is 4.03. The highest BCUT2D eigenvalue weighted by Gasteiger charge is 2.35. The summed E-state index contributed by atoms with van der Waals surface area (Å²) in [7, 11) is 0. The molecule has 4 heteroatoms. The second-order valence-corrected chi connectivity index (χ2v) is 4.93. The predicted molar refractivity (Wildman–Crippen MR) is 71.7 cm³/mol. The van der Waals surface area contributed by atoms with Gasteiger partial charge in [0.05, 0.1) is 6.61 Å². The van der Waals surface area contributed by atoms with Crippen molar-refractivity contribution in [2.45, 2.75) is 20.0 Å². The Bertz CT molecular complexity index is 462. The third-order valence-corrected chi connectivity index (χ3v) is 2.80. The number of aliphatic hydroxyl groups is 1. The molecule has 0 aliphatic heterocycles. The summed E-state index contributed by atoms with van der Waals surface area (Å²) >= 11 is 0. The van der Waals surface area contributed by atoms with Crippen LogP contribution in [0.3, 0.4) is 0 Å². The van der Waals surface area contributed by atoms with Crippen LogP contribution in [-0.2, 0) is 9.53 Å². The number of hydrogen-bond donors (Lipinski definition) is 1. The molecule has 0 aliphatic carbocycles. The van der Waals surface area contributed by atoms with Gasteiger partial charge in [-0.25, -0.2) is 4.79 Å². The van der Waals surface area contributed by atoms with Crippen LogP contribution in [0.2, 0.25) is 0 Å². The minimum absolute atomic E-state index is 0.0579. The predicted octanol–water partition coefficient (Wildman–Crippen LogP) is 1.99. The maximum Gasteiger partial charge on any atom is 0.330 e. The number of Topliss-reactive ketones (excluding diaryl/α,β-unsaturated/α-hetero) is 1. The fourth-order valence-electron chi connectivity index (χ4n) is 1.51. The Morgan fingerprint density at radius 3 is 2.47 bits per heavy atom. The summed E-state index contributed by atoms with van der Waals surface area (Å²) in [5, 5.41) is 10.1. The topological polar surface area (TPSA) is 63.6 Å². The number of ether oxygens (including phenoxy) is 1. The molecule has 102 valence electrons. The van der Waals surface area contributed by atoms with E-state index in [9.17, 15) is 14.7 Å². The maximum absolute atomic E-state index is 12.1. The smallest absolute Gasteiger partial charge is 0.330 e. The molecular weight excluding hydrogens is 244 g/mol. The maximum atomic E-state index is 12.1. The van der Waals surface area contributed by atoms with Crippen molar-refractivity contribution in [3.63, 3.8) is 0 Å². The monoisotopic (exact) mass is 262 g/mol. The lowest BCUT2D eigenvalue weighted by Crippen LogP contribution is -2.40. The standard InChI is InChI=1S/C15H18O4/c1-4-12(16)19-10-15(2,3)14(18)13(17)11-8-6-5-7-9-11/h4-9,14,18H,1,10H2,2-3H3. The van der Waals surface area contributed by atoms with Gasteiger partial charge >= 0.3 is 5.97 Å². The summed E-state index contributed by atoms with van der Waals surface area (Å²) < 4.78 is 4.89. The van der Waals surface area contributed by atoms with E-state index in [2.05, 4.69) is 6.58 Å². The molecule has 0 radical (unpaired) electrons. The lowest BCUT2D eigenvalue weighted by molar-refractivity contribution is -0.142. The molecule has 0 aromatic heterocycles. The van der Waals surface area contributed by atoms with Crippen molar-refractivity contribution in [3.05, 3.63) is 48.6 Å². The van der Waals surface area contributed by atoms with E-state index in [0.717, 1.165) is 6.08 Å². The molecule has 1 unspecified atom stereocenters. The van der Waals surface area contributed by atoms with Gasteiger partial charge in [0, 0.05) is 17.1 Å². The molecule has 1 aromatic rings. The van der Waals surface area contributed by atoms with Crippen LogP contribution in [0.15, 0.2) is 43.0 Å². The molecule has 0 amide bonds. The Labute approximate surface area is 112 Å². The fourth-order valence-corrected chi connectivity index (χ4v) is 1.51.